The standard InChI is InChI=1S/C9H10N6Si/c1-4-10-13(7-1)16(14-8-2-5-11-14)15-9-3-6-12-15/h1-9,16H. The summed E-state index contributed by atoms with van der Waals surface area (Å²) in [5.41, 5.74) is 0. The van der Waals surface area contributed by atoms with E-state index >= 15 is 0 Å². The summed E-state index contributed by atoms with van der Waals surface area (Å²) in [7, 11) is -1.75. The second kappa shape index (κ2) is 3.78. The van der Waals surface area contributed by atoms with E-state index in [9.17, 15) is 0 Å². The highest BCUT2D eigenvalue weighted by Crippen LogP contribution is 1.97. The van der Waals surface area contributed by atoms with Crippen molar-refractivity contribution in [2.75, 3.05) is 0 Å². The van der Waals surface area contributed by atoms with Crippen LogP contribution in [0.2, 0.25) is 0 Å². The van der Waals surface area contributed by atoms with E-state index in [1.807, 2.05) is 49.8 Å². The van der Waals surface area contributed by atoms with Gasteiger partial charge >= 0.3 is 9.28 Å². The lowest BCUT2D eigenvalue weighted by molar-refractivity contribution is 0.771. The molecule has 0 spiro atoms. The minimum atomic E-state index is -1.75. The quantitative estimate of drug-likeness (QED) is 0.592. The highest BCUT2D eigenvalue weighted by molar-refractivity contribution is 6.52. The molecule has 0 atom stereocenters. The minimum absolute atomic E-state index is 1.75. The third-order valence-electron chi connectivity index (χ3n) is 2.28. The van der Waals surface area contributed by atoms with Gasteiger partial charge in [0, 0.05) is 37.2 Å². The Balaban J connectivity index is 2.09. The predicted molar refractivity (Wildman–Crippen MR) is 60.0 cm³/mol. The molecule has 16 heavy (non-hydrogen) atoms. The van der Waals surface area contributed by atoms with Crippen LogP contribution < -0.4 is 0 Å². The molecule has 3 aromatic rings. The second-order valence-electron chi connectivity index (χ2n) is 3.30. The van der Waals surface area contributed by atoms with Crippen molar-refractivity contribution in [3.8, 4) is 0 Å². The van der Waals surface area contributed by atoms with Crippen molar-refractivity contribution in [3.63, 3.8) is 0 Å². The zero-order valence-electron chi connectivity index (χ0n) is 8.46. The topological polar surface area (TPSA) is 53.5 Å². The van der Waals surface area contributed by atoms with Gasteiger partial charge in [0.2, 0.25) is 0 Å². The Hall–Kier alpha value is -2.15. The average molecular weight is 230 g/mol. The monoisotopic (exact) mass is 230 g/mol. The number of aromatic nitrogens is 6. The number of hydrogen-bond acceptors (Lipinski definition) is 3. The molecule has 0 saturated heterocycles. The van der Waals surface area contributed by atoms with Crippen molar-refractivity contribution in [1.82, 2.24) is 28.3 Å². The van der Waals surface area contributed by atoms with E-state index in [-0.39, 0.29) is 0 Å². The molecule has 0 N–H and O–H groups in total. The van der Waals surface area contributed by atoms with E-state index in [0.717, 1.165) is 0 Å². The van der Waals surface area contributed by atoms with Gasteiger partial charge in [0.05, 0.1) is 0 Å². The number of hydrogen-bond donors (Lipinski definition) is 0. The van der Waals surface area contributed by atoms with Gasteiger partial charge in [-0.15, -0.1) is 0 Å². The predicted octanol–water partition coefficient (Wildman–Crippen LogP) is -0.0620. The molecule has 0 aliphatic heterocycles. The first-order valence-electron chi connectivity index (χ1n) is 4.92. The molecule has 3 rings (SSSR count). The summed E-state index contributed by atoms with van der Waals surface area (Å²) in [6.45, 7) is 0. The van der Waals surface area contributed by atoms with Gasteiger partial charge in [-0.05, 0) is 18.2 Å². The van der Waals surface area contributed by atoms with Crippen molar-refractivity contribution in [3.05, 3.63) is 55.4 Å². The summed E-state index contributed by atoms with van der Waals surface area (Å²) in [4.78, 5) is 0. The fourth-order valence-electron chi connectivity index (χ4n) is 1.62. The van der Waals surface area contributed by atoms with Crippen LogP contribution >= 0.6 is 0 Å². The fourth-order valence-corrected chi connectivity index (χ4v) is 3.69. The summed E-state index contributed by atoms with van der Waals surface area (Å²) in [6.07, 6.45) is 11.1. The van der Waals surface area contributed by atoms with E-state index < -0.39 is 9.28 Å². The molecular formula is C9H10N6Si. The zero-order chi connectivity index (χ0) is 10.8. The first kappa shape index (κ1) is 9.10. The first-order valence-corrected chi connectivity index (χ1v) is 6.47. The highest BCUT2D eigenvalue weighted by Gasteiger charge is 2.20. The molecule has 80 valence electrons. The molecule has 0 saturated carbocycles. The Kier molecular flexibility index (Phi) is 2.15. The van der Waals surface area contributed by atoms with Crippen LogP contribution in [-0.4, -0.2) is 37.6 Å². The van der Waals surface area contributed by atoms with Gasteiger partial charge in [0.15, 0.2) is 0 Å². The van der Waals surface area contributed by atoms with Crippen molar-refractivity contribution in [2.24, 2.45) is 0 Å². The van der Waals surface area contributed by atoms with Gasteiger partial charge in [-0.3, -0.25) is 13.0 Å². The molecule has 3 aromatic heterocycles. The van der Waals surface area contributed by atoms with E-state index in [4.69, 9.17) is 0 Å². The van der Waals surface area contributed by atoms with Crippen LogP contribution in [-0.2, 0) is 0 Å². The number of nitrogens with zero attached hydrogens (tertiary/aromatic N) is 6. The van der Waals surface area contributed by atoms with Crippen LogP contribution in [0.15, 0.2) is 55.4 Å². The Labute approximate surface area is 93.6 Å². The van der Waals surface area contributed by atoms with Crippen LogP contribution in [0.4, 0.5) is 0 Å². The highest BCUT2D eigenvalue weighted by atomic mass is 28.3. The van der Waals surface area contributed by atoms with E-state index in [0.29, 0.717) is 0 Å². The summed E-state index contributed by atoms with van der Waals surface area (Å²) in [5.74, 6) is 0. The summed E-state index contributed by atoms with van der Waals surface area (Å²) >= 11 is 0. The van der Waals surface area contributed by atoms with Gasteiger partial charge in [-0.2, -0.15) is 15.3 Å². The van der Waals surface area contributed by atoms with E-state index in [1.54, 1.807) is 18.6 Å². The maximum Gasteiger partial charge on any atom is 0.424 e. The first-order chi connectivity index (χ1) is 7.95. The Bertz CT molecular complexity index is 445. The lowest BCUT2D eigenvalue weighted by Gasteiger charge is -2.15. The maximum atomic E-state index is 4.29. The second-order valence-corrected chi connectivity index (χ2v) is 5.58. The van der Waals surface area contributed by atoms with Gasteiger partial charge < -0.3 is 0 Å². The van der Waals surface area contributed by atoms with Gasteiger partial charge in [0.25, 0.3) is 0 Å². The molecule has 0 unspecified atom stereocenters. The third-order valence-corrected chi connectivity index (χ3v) is 4.62. The molecule has 0 aliphatic rings. The Morgan fingerprint density at radius 3 is 1.25 bits per heavy atom. The normalized spacial score (nSPS) is 11.1. The summed E-state index contributed by atoms with van der Waals surface area (Å²) in [5, 5.41) is 12.9. The molecule has 6 nitrogen and oxygen atoms in total. The van der Waals surface area contributed by atoms with Crippen LogP contribution in [0.25, 0.3) is 0 Å². The van der Waals surface area contributed by atoms with Gasteiger partial charge in [0.1, 0.15) is 0 Å². The van der Waals surface area contributed by atoms with Crippen molar-refractivity contribution >= 4 is 9.28 Å². The molecule has 0 radical (unpaired) electrons. The van der Waals surface area contributed by atoms with Gasteiger partial charge in [-0.25, -0.2) is 0 Å². The van der Waals surface area contributed by atoms with Crippen molar-refractivity contribution in [2.45, 2.75) is 0 Å². The lowest BCUT2D eigenvalue weighted by Crippen LogP contribution is -2.42. The molecule has 0 aliphatic carbocycles. The summed E-state index contributed by atoms with van der Waals surface area (Å²) in [6, 6.07) is 5.73. The van der Waals surface area contributed by atoms with Gasteiger partial charge in [-0.1, -0.05) is 0 Å². The molecule has 0 amide bonds. The molecule has 0 fully saturated rings. The summed E-state index contributed by atoms with van der Waals surface area (Å²) < 4.78 is 5.79. The largest absolute Gasteiger partial charge is 0.424 e. The fraction of sp³-hybridized carbons (Fsp3) is 0. The molecule has 3 heterocycles. The van der Waals surface area contributed by atoms with Crippen molar-refractivity contribution in [1.29, 1.82) is 0 Å². The van der Waals surface area contributed by atoms with Crippen LogP contribution in [0.5, 0.6) is 0 Å². The average Bonchev–Trinajstić information content (AvgIpc) is 3.02. The molecule has 7 heteroatoms. The molecular weight excluding hydrogens is 220 g/mol. The minimum Gasteiger partial charge on any atom is -0.260 e. The van der Waals surface area contributed by atoms with Crippen LogP contribution in [0, 0.1) is 0 Å². The van der Waals surface area contributed by atoms with E-state index in [1.165, 1.54) is 0 Å². The zero-order valence-corrected chi connectivity index (χ0v) is 9.61. The lowest BCUT2D eigenvalue weighted by atomic mass is 10.8. The Morgan fingerprint density at radius 1 is 0.625 bits per heavy atom. The Morgan fingerprint density at radius 2 is 1.00 bits per heavy atom. The van der Waals surface area contributed by atoms with Crippen LogP contribution in [0.1, 0.15) is 0 Å². The molecule has 0 bridgehead atoms. The number of rotatable bonds is 3. The van der Waals surface area contributed by atoms with Crippen molar-refractivity contribution < 1.29 is 0 Å². The third kappa shape index (κ3) is 1.46. The molecule has 0 aromatic carbocycles. The van der Waals surface area contributed by atoms with E-state index in [2.05, 4.69) is 15.3 Å². The van der Waals surface area contributed by atoms with Crippen LogP contribution in [0.3, 0.4) is 0 Å². The maximum absolute atomic E-state index is 4.29. The SMILES string of the molecule is c1cnn([SiH](n2cccn2)n2cccn2)c1. The smallest absolute Gasteiger partial charge is 0.260 e.